The van der Waals surface area contributed by atoms with Crippen molar-refractivity contribution in [1.82, 2.24) is 5.32 Å². The molecule has 29 heavy (non-hydrogen) atoms. The summed E-state index contributed by atoms with van der Waals surface area (Å²) in [5.41, 5.74) is 6.05. The van der Waals surface area contributed by atoms with Gasteiger partial charge in [0.15, 0.2) is 5.78 Å². The molecule has 0 aromatic heterocycles. The first-order valence-corrected chi connectivity index (χ1v) is 9.11. The second kappa shape index (κ2) is 8.10. The Morgan fingerprint density at radius 1 is 1.14 bits per heavy atom. The van der Waals surface area contributed by atoms with Crippen LogP contribution in [-0.2, 0) is 35.0 Å². The van der Waals surface area contributed by atoms with E-state index in [0.717, 1.165) is 0 Å². The molecule has 2 rings (SSSR count). The lowest BCUT2D eigenvalue weighted by atomic mass is 9.92. The van der Waals surface area contributed by atoms with E-state index in [2.05, 4.69) is 5.32 Å². The topological polar surface area (TPSA) is 134 Å². The van der Waals surface area contributed by atoms with Gasteiger partial charge >= 0.3 is 18.0 Å². The average molecular weight is 406 g/mol. The SMILES string of the molecule is CC(C)(C)OC(=O)NC(Cc1ccc(N)cc1)C(=O)C1C(=O)OC(C)(C)OC1=O. The van der Waals surface area contributed by atoms with E-state index < -0.39 is 47.2 Å². The molecule has 0 radical (unpaired) electrons. The molecule has 1 unspecified atom stereocenters. The van der Waals surface area contributed by atoms with Crippen molar-refractivity contribution in [2.45, 2.75) is 58.5 Å². The number of esters is 2. The van der Waals surface area contributed by atoms with E-state index in [4.69, 9.17) is 19.9 Å². The van der Waals surface area contributed by atoms with Crippen LogP contribution in [0.4, 0.5) is 10.5 Å². The standard InChI is InChI=1S/C20H26N2O7/c1-19(2,3)29-18(26)22-13(10-11-6-8-12(21)9-7-11)15(23)14-16(24)27-20(4,5)28-17(14)25/h6-9,13-14H,10,21H2,1-5H3,(H,22,26). The van der Waals surface area contributed by atoms with Gasteiger partial charge in [-0.15, -0.1) is 0 Å². The van der Waals surface area contributed by atoms with Crippen molar-refractivity contribution in [3.8, 4) is 0 Å². The number of amides is 1. The Balaban J connectivity index is 2.26. The summed E-state index contributed by atoms with van der Waals surface area (Å²) in [6.07, 6.45) is -0.845. The number of ether oxygens (including phenoxy) is 3. The van der Waals surface area contributed by atoms with Gasteiger partial charge in [0.25, 0.3) is 5.79 Å². The summed E-state index contributed by atoms with van der Waals surface area (Å²) in [6, 6.07) is 5.39. The third-order valence-corrected chi connectivity index (χ3v) is 3.90. The van der Waals surface area contributed by atoms with E-state index >= 15 is 0 Å². The fourth-order valence-corrected chi connectivity index (χ4v) is 2.71. The van der Waals surface area contributed by atoms with Crippen LogP contribution in [0.25, 0.3) is 0 Å². The van der Waals surface area contributed by atoms with Crippen LogP contribution in [0.15, 0.2) is 24.3 Å². The maximum atomic E-state index is 13.0. The number of alkyl carbamates (subject to hydrolysis) is 1. The number of ketones is 1. The van der Waals surface area contributed by atoms with Crippen LogP contribution in [-0.4, -0.2) is 41.2 Å². The molecule has 0 saturated carbocycles. The molecule has 1 heterocycles. The van der Waals surface area contributed by atoms with Gasteiger partial charge in [-0.3, -0.25) is 14.4 Å². The Labute approximate surface area is 168 Å². The monoisotopic (exact) mass is 406 g/mol. The molecule has 1 atom stereocenters. The Morgan fingerprint density at radius 3 is 2.14 bits per heavy atom. The van der Waals surface area contributed by atoms with Crippen LogP contribution in [0.3, 0.4) is 0 Å². The van der Waals surface area contributed by atoms with Crippen molar-refractivity contribution < 1.29 is 33.4 Å². The molecule has 1 aromatic rings. The zero-order valence-electron chi connectivity index (χ0n) is 17.1. The summed E-state index contributed by atoms with van der Waals surface area (Å²) in [6.45, 7) is 7.77. The highest BCUT2D eigenvalue weighted by atomic mass is 16.7. The number of cyclic esters (lactones) is 2. The molecular weight excluding hydrogens is 380 g/mol. The van der Waals surface area contributed by atoms with Crippen LogP contribution in [0, 0.1) is 5.92 Å². The number of nitrogens with two attached hydrogens (primary N) is 1. The minimum Gasteiger partial charge on any atom is -0.444 e. The molecule has 1 aliphatic rings. The molecule has 0 spiro atoms. The van der Waals surface area contributed by atoms with Gasteiger partial charge < -0.3 is 25.3 Å². The molecule has 158 valence electrons. The van der Waals surface area contributed by atoms with Crippen molar-refractivity contribution in [1.29, 1.82) is 0 Å². The molecule has 1 aliphatic heterocycles. The number of nitrogen functional groups attached to an aromatic ring is 1. The molecule has 1 aromatic carbocycles. The predicted molar refractivity (Wildman–Crippen MR) is 102 cm³/mol. The van der Waals surface area contributed by atoms with E-state index in [-0.39, 0.29) is 6.42 Å². The lowest BCUT2D eigenvalue weighted by Gasteiger charge is -2.33. The first kappa shape index (κ1) is 22.2. The third kappa shape index (κ3) is 6.20. The highest BCUT2D eigenvalue weighted by Crippen LogP contribution is 2.25. The summed E-state index contributed by atoms with van der Waals surface area (Å²) in [7, 11) is 0. The zero-order valence-corrected chi connectivity index (χ0v) is 17.1. The fraction of sp³-hybridized carbons (Fsp3) is 0.500. The van der Waals surface area contributed by atoms with Crippen molar-refractivity contribution in [2.24, 2.45) is 5.92 Å². The van der Waals surface area contributed by atoms with E-state index in [0.29, 0.717) is 11.3 Å². The van der Waals surface area contributed by atoms with E-state index in [1.165, 1.54) is 13.8 Å². The van der Waals surface area contributed by atoms with Gasteiger partial charge in [-0.05, 0) is 44.9 Å². The minimum absolute atomic E-state index is 0.0127. The van der Waals surface area contributed by atoms with Gasteiger partial charge in [-0.2, -0.15) is 0 Å². The van der Waals surface area contributed by atoms with Crippen LogP contribution in [0.5, 0.6) is 0 Å². The summed E-state index contributed by atoms with van der Waals surface area (Å²) < 4.78 is 15.2. The van der Waals surface area contributed by atoms with E-state index in [1.807, 2.05) is 0 Å². The minimum atomic E-state index is -1.79. The zero-order chi connectivity index (χ0) is 22.0. The lowest BCUT2D eigenvalue weighted by Crippen LogP contribution is -2.55. The number of rotatable bonds is 5. The molecule has 1 amide bonds. The number of hydrogen-bond acceptors (Lipinski definition) is 8. The van der Waals surface area contributed by atoms with Gasteiger partial charge in [0.05, 0.1) is 6.04 Å². The summed E-state index contributed by atoms with van der Waals surface area (Å²) >= 11 is 0. The average Bonchev–Trinajstić information content (AvgIpc) is 2.52. The van der Waals surface area contributed by atoms with Crippen LogP contribution in [0.2, 0.25) is 0 Å². The first-order chi connectivity index (χ1) is 13.3. The molecule has 3 N–H and O–H groups in total. The Hall–Kier alpha value is -3.10. The smallest absolute Gasteiger partial charge is 0.408 e. The van der Waals surface area contributed by atoms with Gasteiger partial charge in [-0.1, -0.05) is 12.1 Å². The van der Waals surface area contributed by atoms with Gasteiger partial charge in [0.2, 0.25) is 5.92 Å². The van der Waals surface area contributed by atoms with Gasteiger partial charge in [0.1, 0.15) is 5.60 Å². The maximum absolute atomic E-state index is 13.0. The molecule has 1 saturated heterocycles. The number of carbonyl (C=O) groups is 4. The number of nitrogens with one attached hydrogen (secondary N) is 1. The number of hydrogen-bond donors (Lipinski definition) is 2. The highest BCUT2D eigenvalue weighted by molar-refractivity contribution is 6.17. The third-order valence-electron chi connectivity index (χ3n) is 3.90. The number of benzene rings is 1. The lowest BCUT2D eigenvalue weighted by molar-refractivity contribution is -0.238. The van der Waals surface area contributed by atoms with E-state index in [1.54, 1.807) is 45.0 Å². The molecule has 9 nitrogen and oxygen atoms in total. The first-order valence-electron chi connectivity index (χ1n) is 9.11. The van der Waals surface area contributed by atoms with Crippen molar-refractivity contribution in [3.05, 3.63) is 29.8 Å². The fourth-order valence-electron chi connectivity index (χ4n) is 2.71. The maximum Gasteiger partial charge on any atom is 0.408 e. The van der Waals surface area contributed by atoms with Crippen molar-refractivity contribution in [2.75, 3.05) is 5.73 Å². The number of anilines is 1. The van der Waals surface area contributed by atoms with Crippen molar-refractivity contribution >= 4 is 29.5 Å². The van der Waals surface area contributed by atoms with Crippen molar-refractivity contribution in [3.63, 3.8) is 0 Å². The molecule has 0 bridgehead atoms. The molecule has 0 aliphatic carbocycles. The number of Topliss-reactive ketones (excluding diaryl/α,β-unsaturated/α-hetero) is 1. The van der Waals surface area contributed by atoms with Crippen LogP contribution in [0.1, 0.15) is 40.2 Å². The normalized spacial score (nSPS) is 17.7. The van der Waals surface area contributed by atoms with Crippen LogP contribution < -0.4 is 11.1 Å². The highest BCUT2D eigenvalue weighted by Gasteiger charge is 2.49. The molecule has 1 fully saturated rings. The summed E-state index contributed by atoms with van der Waals surface area (Å²) in [5.74, 6) is -6.15. The van der Waals surface area contributed by atoms with Crippen LogP contribution >= 0.6 is 0 Å². The Kier molecular flexibility index (Phi) is 6.20. The van der Waals surface area contributed by atoms with Gasteiger partial charge in [-0.25, -0.2) is 4.79 Å². The Morgan fingerprint density at radius 2 is 1.66 bits per heavy atom. The predicted octanol–water partition coefficient (Wildman–Crippen LogP) is 1.73. The second-order valence-corrected chi connectivity index (χ2v) is 8.22. The number of carbonyl (C=O) groups excluding carboxylic acids is 4. The summed E-state index contributed by atoms with van der Waals surface area (Å²) in [4.78, 5) is 49.8. The Bertz CT molecular complexity index is 789. The molecular formula is C20H26N2O7. The second-order valence-electron chi connectivity index (χ2n) is 8.22. The quantitative estimate of drug-likeness (QED) is 0.429. The largest absolute Gasteiger partial charge is 0.444 e. The van der Waals surface area contributed by atoms with E-state index in [9.17, 15) is 19.2 Å². The summed E-state index contributed by atoms with van der Waals surface area (Å²) in [5, 5.41) is 2.44. The molecule has 9 heteroatoms. The van der Waals surface area contributed by atoms with Gasteiger partial charge in [0, 0.05) is 19.5 Å².